The third-order valence-electron chi connectivity index (χ3n) is 5.25. The molecule has 0 fully saturated rings. The van der Waals surface area contributed by atoms with Crippen molar-refractivity contribution in [3.05, 3.63) is 74.7 Å². The summed E-state index contributed by atoms with van der Waals surface area (Å²) in [6.45, 7) is 11.1. The Kier molecular flexibility index (Phi) is 7.33. The molecule has 0 unspecified atom stereocenters. The van der Waals surface area contributed by atoms with Crippen molar-refractivity contribution in [2.45, 2.75) is 53.8 Å². The number of carbonyl (C=O) groups is 1. The molecule has 0 aliphatic carbocycles. The standard InChI is InChI=1S/C25H30N2O3S/c1-16(2)27(25(28)20-8-7-9-22(12-20)29-6)13-21-15-31-24(26-21)14-30-23-11-17(3)10-18(4)19(23)5/h7-12,15-16H,13-14H2,1-6H3. The van der Waals surface area contributed by atoms with Crippen LogP contribution < -0.4 is 9.47 Å². The lowest BCUT2D eigenvalue weighted by atomic mass is 10.1. The van der Waals surface area contributed by atoms with Gasteiger partial charge in [-0.1, -0.05) is 12.1 Å². The number of nitrogens with zero attached hydrogens (tertiary/aromatic N) is 2. The highest BCUT2D eigenvalue weighted by Crippen LogP contribution is 2.25. The number of ether oxygens (including phenoxy) is 2. The number of aryl methyl sites for hydroxylation is 2. The number of thiazole rings is 1. The van der Waals surface area contributed by atoms with Gasteiger partial charge < -0.3 is 14.4 Å². The molecule has 0 radical (unpaired) electrons. The Morgan fingerprint density at radius 2 is 1.94 bits per heavy atom. The molecule has 3 rings (SSSR count). The van der Waals surface area contributed by atoms with Crippen LogP contribution in [0.15, 0.2) is 41.8 Å². The van der Waals surface area contributed by atoms with Crippen LogP contribution >= 0.6 is 11.3 Å². The summed E-state index contributed by atoms with van der Waals surface area (Å²) in [4.78, 5) is 19.6. The van der Waals surface area contributed by atoms with E-state index in [4.69, 9.17) is 14.5 Å². The van der Waals surface area contributed by atoms with Crippen LogP contribution in [0.25, 0.3) is 0 Å². The number of aromatic nitrogens is 1. The molecule has 3 aromatic rings. The van der Waals surface area contributed by atoms with Gasteiger partial charge in [-0.3, -0.25) is 4.79 Å². The maximum atomic E-state index is 13.1. The second-order valence-corrected chi connectivity index (χ2v) is 8.93. The second-order valence-electron chi connectivity index (χ2n) is 7.98. The summed E-state index contributed by atoms with van der Waals surface area (Å²) < 4.78 is 11.3. The molecule has 31 heavy (non-hydrogen) atoms. The van der Waals surface area contributed by atoms with Crippen molar-refractivity contribution in [3.8, 4) is 11.5 Å². The normalized spacial score (nSPS) is 10.9. The van der Waals surface area contributed by atoms with Gasteiger partial charge in [0.2, 0.25) is 0 Å². The summed E-state index contributed by atoms with van der Waals surface area (Å²) in [5.74, 6) is 1.53. The van der Waals surface area contributed by atoms with Crippen LogP contribution in [-0.4, -0.2) is 28.9 Å². The number of hydrogen-bond donors (Lipinski definition) is 0. The first-order valence-electron chi connectivity index (χ1n) is 10.4. The van der Waals surface area contributed by atoms with Crippen molar-refractivity contribution >= 4 is 17.2 Å². The van der Waals surface area contributed by atoms with Crippen molar-refractivity contribution in [2.24, 2.45) is 0 Å². The predicted molar refractivity (Wildman–Crippen MR) is 125 cm³/mol. The smallest absolute Gasteiger partial charge is 0.254 e. The topological polar surface area (TPSA) is 51.7 Å². The maximum Gasteiger partial charge on any atom is 0.254 e. The summed E-state index contributed by atoms with van der Waals surface area (Å²) in [5, 5.41) is 2.90. The minimum Gasteiger partial charge on any atom is -0.497 e. The van der Waals surface area contributed by atoms with Crippen molar-refractivity contribution in [1.82, 2.24) is 9.88 Å². The van der Waals surface area contributed by atoms with Gasteiger partial charge >= 0.3 is 0 Å². The number of hydrogen-bond acceptors (Lipinski definition) is 5. The summed E-state index contributed by atoms with van der Waals surface area (Å²) in [6.07, 6.45) is 0. The van der Waals surface area contributed by atoms with E-state index in [9.17, 15) is 4.79 Å². The lowest BCUT2D eigenvalue weighted by Gasteiger charge is -2.26. The van der Waals surface area contributed by atoms with Gasteiger partial charge in [0.25, 0.3) is 5.91 Å². The molecular formula is C25H30N2O3S. The SMILES string of the molecule is COc1cccc(C(=O)N(Cc2csc(COc3cc(C)cc(C)c3C)n2)C(C)C)c1. The molecule has 0 atom stereocenters. The third-order valence-corrected chi connectivity index (χ3v) is 6.12. The molecule has 5 nitrogen and oxygen atoms in total. The summed E-state index contributed by atoms with van der Waals surface area (Å²) in [7, 11) is 1.60. The molecule has 6 heteroatoms. The fraction of sp³-hybridized carbons (Fsp3) is 0.360. The molecule has 0 aliphatic heterocycles. The van der Waals surface area contributed by atoms with E-state index in [0.717, 1.165) is 22.0 Å². The highest BCUT2D eigenvalue weighted by atomic mass is 32.1. The Labute approximate surface area is 188 Å². The van der Waals surface area contributed by atoms with Crippen LogP contribution in [-0.2, 0) is 13.2 Å². The van der Waals surface area contributed by atoms with Crippen LogP contribution in [0, 0.1) is 20.8 Å². The zero-order valence-corrected chi connectivity index (χ0v) is 19.9. The number of amides is 1. The van der Waals surface area contributed by atoms with E-state index < -0.39 is 0 Å². The molecule has 0 saturated heterocycles. The Morgan fingerprint density at radius 1 is 1.16 bits per heavy atom. The predicted octanol–water partition coefficient (Wildman–Crippen LogP) is 5.71. The lowest BCUT2D eigenvalue weighted by Crippen LogP contribution is -2.36. The van der Waals surface area contributed by atoms with Crippen molar-refractivity contribution in [2.75, 3.05) is 7.11 Å². The number of carbonyl (C=O) groups excluding carboxylic acids is 1. The molecule has 164 valence electrons. The Hall–Kier alpha value is -2.86. The van der Waals surface area contributed by atoms with E-state index in [2.05, 4.69) is 32.9 Å². The van der Waals surface area contributed by atoms with E-state index in [1.165, 1.54) is 11.1 Å². The van der Waals surface area contributed by atoms with E-state index in [-0.39, 0.29) is 11.9 Å². The highest BCUT2D eigenvalue weighted by Gasteiger charge is 2.21. The first-order valence-corrected chi connectivity index (χ1v) is 11.3. The minimum absolute atomic E-state index is 0.0365. The quantitative estimate of drug-likeness (QED) is 0.452. The average molecular weight is 439 g/mol. The number of benzene rings is 2. The molecule has 1 amide bonds. The van der Waals surface area contributed by atoms with E-state index in [0.29, 0.717) is 24.5 Å². The zero-order chi connectivity index (χ0) is 22.5. The summed E-state index contributed by atoms with van der Waals surface area (Å²) in [5.41, 5.74) is 5.03. The first kappa shape index (κ1) is 22.8. The van der Waals surface area contributed by atoms with Crippen LogP contribution in [0.1, 0.15) is 51.6 Å². The minimum atomic E-state index is -0.0365. The fourth-order valence-electron chi connectivity index (χ4n) is 3.36. The van der Waals surface area contributed by atoms with E-state index in [1.807, 2.05) is 42.3 Å². The van der Waals surface area contributed by atoms with Gasteiger partial charge in [-0.2, -0.15) is 0 Å². The van der Waals surface area contributed by atoms with E-state index >= 15 is 0 Å². The fourth-order valence-corrected chi connectivity index (χ4v) is 4.06. The van der Waals surface area contributed by atoms with Gasteiger partial charge in [-0.15, -0.1) is 11.3 Å². The first-order chi connectivity index (χ1) is 14.8. The lowest BCUT2D eigenvalue weighted by molar-refractivity contribution is 0.0687. The van der Waals surface area contributed by atoms with Crippen molar-refractivity contribution in [1.29, 1.82) is 0 Å². The van der Waals surface area contributed by atoms with Crippen molar-refractivity contribution in [3.63, 3.8) is 0 Å². The van der Waals surface area contributed by atoms with Gasteiger partial charge in [0.05, 0.1) is 19.3 Å². The van der Waals surface area contributed by atoms with Gasteiger partial charge in [-0.25, -0.2) is 4.98 Å². The monoisotopic (exact) mass is 438 g/mol. The molecule has 0 bridgehead atoms. The molecule has 0 N–H and O–H groups in total. The number of rotatable bonds is 8. The van der Waals surface area contributed by atoms with Gasteiger partial charge in [0.1, 0.15) is 23.1 Å². The summed E-state index contributed by atoms with van der Waals surface area (Å²) in [6, 6.07) is 11.5. The molecule has 0 spiro atoms. The largest absolute Gasteiger partial charge is 0.497 e. The Bertz CT molecular complexity index is 1060. The molecule has 2 aromatic carbocycles. The number of methoxy groups -OCH3 is 1. The third kappa shape index (κ3) is 5.64. The Morgan fingerprint density at radius 3 is 2.65 bits per heavy atom. The van der Waals surface area contributed by atoms with Crippen LogP contribution in [0.2, 0.25) is 0 Å². The Balaban J connectivity index is 1.70. The van der Waals surface area contributed by atoms with E-state index in [1.54, 1.807) is 24.5 Å². The molecule has 0 aliphatic rings. The summed E-state index contributed by atoms with van der Waals surface area (Å²) >= 11 is 1.56. The van der Waals surface area contributed by atoms with Crippen LogP contribution in [0.3, 0.4) is 0 Å². The molecule has 1 aromatic heterocycles. The van der Waals surface area contributed by atoms with Crippen LogP contribution in [0.4, 0.5) is 0 Å². The van der Waals surface area contributed by atoms with Gasteiger partial charge in [-0.05, 0) is 75.6 Å². The van der Waals surface area contributed by atoms with Gasteiger partial charge in [0, 0.05) is 17.0 Å². The zero-order valence-electron chi connectivity index (χ0n) is 19.1. The second kappa shape index (κ2) is 9.96. The highest BCUT2D eigenvalue weighted by molar-refractivity contribution is 7.09. The molecular weight excluding hydrogens is 408 g/mol. The average Bonchev–Trinajstić information content (AvgIpc) is 3.20. The maximum absolute atomic E-state index is 13.1. The van der Waals surface area contributed by atoms with Gasteiger partial charge in [0.15, 0.2) is 0 Å². The van der Waals surface area contributed by atoms with Crippen molar-refractivity contribution < 1.29 is 14.3 Å². The van der Waals surface area contributed by atoms with Crippen LogP contribution in [0.5, 0.6) is 11.5 Å². The molecule has 0 saturated carbocycles. The molecule has 1 heterocycles.